The lowest BCUT2D eigenvalue weighted by Crippen LogP contribution is -2.29. The zero-order valence-corrected chi connectivity index (χ0v) is 14.2. The number of ether oxygens (including phenoxy) is 1. The summed E-state index contributed by atoms with van der Waals surface area (Å²) >= 11 is 0. The minimum Gasteiger partial charge on any atom is -0.383 e. The van der Waals surface area contributed by atoms with Gasteiger partial charge < -0.3 is 9.30 Å². The standard InChI is InChI=1S/C20H18N2O3/c1-13-11-14-12-15(7-8-18(14)21(13)9-10-25-2)22-19(23)16-5-3-4-6-17(16)20(22)24/h3-8,11-12H,9-10H2,1-2H3. The van der Waals surface area contributed by atoms with Gasteiger partial charge in [0.15, 0.2) is 0 Å². The molecule has 1 aliphatic rings. The molecule has 2 aromatic carbocycles. The predicted molar refractivity (Wildman–Crippen MR) is 96.1 cm³/mol. The van der Waals surface area contributed by atoms with Gasteiger partial charge in [-0.3, -0.25) is 9.59 Å². The monoisotopic (exact) mass is 334 g/mol. The van der Waals surface area contributed by atoms with Crippen LogP contribution < -0.4 is 4.90 Å². The molecular weight excluding hydrogens is 316 g/mol. The molecule has 5 nitrogen and oxygen atoms in total. The number of imide groups is 1. The fourth-order valence-electron chi connectivity index (χ4n) is 3.44. The first-order chi connectivity index (χ1) is 12.1. The number of benzene rings is 2. The highest BCUT2D eigenvalue weighted by Crippen LogP contribution is 2.31. The van der Waals surface area contributed by atoms with Crippen molar-refractivity contribution in [1.82, 2.24) is 4.57 Å². The fraction of sp³-hybridized carbons (Fsp3) is 0.200. The number of carbonyl (C=O) groups is 2. The van der Waals surface area contributed by atoms with Gasteiger partial charge in [0.25, 0.3) is 11.8 Å². The van der Waals surface area contributed by atoms with Crippen LogP contribution in [0.4, 0.5) is 5.69 Å². The Morgan fingerprint density at radius 1 is 0.960 bits per heavy atom. The topological polar surface area (TPSA) is 51.5 Å². The van der Waals surface area contributed by atoms with E-state index in [2.05, 4.69) is 10.6 Å². The molecule has 25 heavy (non-hydrogen) atoms. The molecule has 3 aromatic rings. The number of rotatable bonds is 4. The Bertz CT molecular complexity index is 968. The SMILES string of the molecule is COCCn1c(C)cc2cc(N3C(=O)c4ccccc4C3=O)ccc21. The lowest BCUT2D eigenvalue weighted by atomic mass is 10.1. The molecule has 2 heterocycles. The summed E-state index contributed by atoms with van der Waals surface area (Å²) in [6.45, 7) is 3.43. The summed E-state index contributed by atoms with van der Waals surface area (Å²) in [5.41, 5.74) is 3.70. The van der Waals surface area contributed by atoms with Crippen LogP contribution in [-0.2, 0) is 11.3 Å². The Kier molecular flexibility index (Phi) is 3.66. The number of carbonyl (C=O) groups excluding carboxylic acids is 2. The molecule has 2 amide bonds. The second kappa shape index (κ2) is 5.86. The third-order valence-electron chi connectivity index (χ3n) is 4.66. The number of aromatic nitrogens is 1. The fourth-order valence-corrected chi connectivity index (χ4v) is 3.44. The average Bonchev–Trinajstić information content (AvgIpc) is 3.06. The number of hydrogen-bond acceptors (Lipinski definition) is 3. The van der Waals surface area contributed by atoms with Gasteiger partial charge in [0, 0.05) is 30.3 Å². The lowest BCUT2D eigenvalue weighted by molar-refractivity contribution is 0.0926. The Morgan fingerprint density at radius 2 is 1.64 bits per heavy atom. The van der Waals surface area contributed by atoms with Gasteiger partial charge in [-0.05, 0) is 43.3 Å². The van der Waals surface area contributed by atoms with Crippen LogP contribution in [0.1, 0.15) is 26.4 Å². The summed E-state index contributed by atoms with van der Waals surface area (Å²) < 4.78 is 7.34. The van der Waals surface area contributed by atoms with Crippen LogP contribution in [0.25, 0.3) is 10.9 Å². The molecule has 1 aliphatic heterocycles. The normalized spacial score (nSPS) is 13.8. The molecule has 0 saturated heterocycles. The molecule has 0 unspecified atom stereocenters. The highest BCUT2D eigenvalue weighted by atomic mass is 16.5. The van der Waals surface area contributed by atoms with E-state index in [9.17, 15) is 9.59 Å². The van der Waals surface area contributed by atoms with Crippen LogP contribution in [0.15, 0.2) is 48.5 Å². The summed E-state index contributed by atoms with van der Waals surface area (Å²) in [5, 5.41) is 1.00. The van der Waals surface area contributed by atoms with Crippen molar-refractivity contribution in [1.29, 1.82) is 0 Å². The first kappa shape index (κ1) is 15.6. The molecule has 0 spiro atoms. The Morgan fingerprint density at radius 3 is 2.28 bits per heavy atom. The number of fused-ring (bicyclic) bond motifs is 2. The van der Waals surface area contributed by atoms with Gasteiger partial charge in [-0.1, -0.05) is 12.1 Å². The Labute approximate surface area is 145 Å². The van der Waals surface area contributed by atoms with Gasteiger partial charge in [-0.25, -0.2) is 4.90 Å². The summed E-state index contributed by atoms with van der Waals surface area (Å²) in [7, 11) is 1.68. The van der Waals surface area contributed by atoms with Crippen molar-refractivity contribution in [3.63, 3.8) is 0 Å². The zero-order valence-electron chi connectivity index (χ0n) is 14.2. The van der Waals surface area contributed by atoms with Gasteiger partial charge in [-0.15, -0.1) is 0 Å². The highest BCUT2D eigenvalue weighted by molar-refractivity contribution is 6.34. The molecule has 0 atom stereocenters. The van der Waals surface area contributed by atoms with Crippen molar-refractivity contribution in [2.24, 2.45) is 0 Å². The summed E-state index contributed by atoms with van der Waals surface area (Å²) in [6.07, 6.45) is 0. The molecule has 0 fully saturated rings. The number of hydrogen-bond donors (Lipinski definition) is 0. The third kappa shape index (κ3) is 2.36. The van der Waals surface area contributed by atoms with Gasteiger partial charge in [0.1, 0.15) is 0 Å². The van der Waals surface area contributed by atoms with Gasteiger partial charge >= 0.3 is 0 Å². The number of aryl methyl sites for hydroxylation is 1. The van der Waals surface area contributed by atoms with E-state index in [1.54, 1.807) is 31.4 Å². The van der Waals surface area contributed by atoms with E-state index in [1.165, 1.54) is 4.90 Å². The summed E-state index contributed by atoms with van der Waals surface area (Å²) in [4.78, 5) is 26.5. The number of amides is 2. The van der Waals surface area contributed by atoms with E-state index in [-0.39, 0.29) is 11.8 Å². The second-order valence-electron chi connectivity index (χ2n) is 6.16. The predicted octanol–water partition coefficient (Wildman–Crippen LogP) is 3.40. The van der Waals surface area contributed by atoms with E-state index in [1.807, 2.05) is 25.1 Å². The molecule has 126 valence electrons. The molecule has 1 aromatic heterocycles. The maximum atomic E-state index is 12.6. The first-order valence-electron chi connectivity index (χ1n) is 8.18. The van der Waals surface area contributed by atoms with Gasteiger partial charge in [-0.2, -0.15) is 0 Å². The Hall–Kier alpha value is -2.92. The quantitative estimate of drug-likeness (QED) is 0.687. The van der Waals surface area contributed by atoms with E-state index in [0.29, 0.717) is 23.4 Å². The van der Waals surface area contributed by atoms with Crippen molar-refractivity contribution >= 4 is 28.4 Å². The molecule has 4 rings (SSSR count). The number of nitrogens with zero attached hydrogens (tertiary/aromatic N) is 2. The van der Waals surface area contributed by atoms with E-state index in [0.717, 1.165) is 23.1 Å². The van der Waals surface area contributed by atoms with E-state index < -0.39 is 0 Å². The highest BCUT2D eigenvalue weighted by Gasteiger charge is 2.36. The zero-order chi connectivity index (χ0) is 17.6. The van der Waals surface area contributed by atoms with Gasteiger partial charge in [0.05, 0.1) is 23.4 Å². The average molecular weight is 334 g/mol. The van der Waals surface area contributed by atoms with Crippen LogP contribution >= 0.6 is 0 Å². The summed E-state index contributed by atoms with van der Waals surface area (Å²) in [5.74, 6) is -0.536. The lowest BCUT2D eigenvalue weighted by Gasteiger charge is -2.14. The molecule has 0 aliphatic carbocycles. The van der Waals surface area contributed by atoms with Gasteiger partial charge in [0.2, 0.25) is 0 Å². The number of anilines is 1. The van der Waals surface area contributed by atoms with Crippen LogP contribution in [-0.4, -0.2) is 30.1 Å². The van der Waals surface area contributed by atoms with Crippen LogP contribution in [0, 0.1) is 6.92 Å². The van der Waals surface area contributed by atoms with Crippen molar-refractivity contribution in [3.8, 4) is 0 Å². The first-order valence-corrected chi connectivity index (χ1v) is 8.18. The minimum absolute atomic E-state index is 0.268. The van der Waals surface area contributed by atoms with Crippen molar-refractivity contribution < 1.29 is 14.3 Å². The Balaban J connectivity index is 1.76. The minimum atomic E-state index is -0.268. The number of methoxy groups -OCH3 is 1. The van der Waals surface area contributed by atoms with Crippen LogP contribution in [0.3, 0.4) is 0 Å². The molecule has 0 saturated carbocycles. The van der Waals surface area contributed by atoms with Crippen molar-refractivity contribution in [2.75, 3.05) is 18.6 Å². The maximum Gasteiger partial charge on any atom is 0.266 e. The maximum absolute atomic E-state index is 12.6. The molecule has 5 heteroatoms. The van der Waals surface area contributed by atoms with Crippen molar-refractivity contribution in [3.05, 3.63) is 65.4 Å². The summed E-state index contributed by atoms with van der Waals surface area (Å²) in [6, 6.07) is 14.7. The van der Waals surface area contributed by atoms with Crippen molar-refractivity contribution in [2.45, 2.75) is 13.5 Å². The smallest absolute Gasteiger partial charge is 0.266 e. The third-order valence-corrected chi connectivity index (χ3v) is 4.66. The second-order valence-corrected chi connectivity index (χ2v) is 6.16. The largest absolute Gasteiger partial charge is 0.383 e. The molecule has 0 radical (unpaired) electrons. The molecular formula is C20H18N2O3. The van der Waals surface area contributed by atoms with E-state index in [4.69, 9.17) is 4.74 Å². The molecule has 0 bridgehead atoms. The van der Waals surface area contributed by atoms with Crippen LogP contribution in [0.5, 0.6) is 0 Å². The molecule has 0 N–H and O–H groups in total. The van der Waals surface area contributed by atoms with E-state index >= 15 is 0 Å². The van der Waals surface area contributed by atoms with Crippen LogP contribution in [0.2, 0.25) is 0 Å².